The van der Waals surface area contributed by atoms with Gasteiger partial charge in [0.25, 0.3) is 5.91 Å². The lowest BCUT2D eigenvalue weighted by Gasteiger charge is -2.27. The topological polar surface area (TPSA) is 57.7 Å². The van der Waals surface area contributed by atoms with Gasteiger partial charge in [-0.15, -0.1) is 0 Å². The minimum absolute atomic E-state index is 0.0198. The van der Waals surface area contributed by atoms with E-state index in [1.165, 1.54) is 4.31 Å². The Hall–Kier alpha value is -2.18. The average Bonchev–Trinajstić information content (AvgIpc) is 2.72. The smallest absolute Gasteiger partial charge is 0.253 e. The fourth-order valence-electron chi connectivity index (χ4n) is 3.49. The van der Waals surface area contributed by atoms with Gasteiger partial charge in [-0.2, -0.15) is 4.31 Å². The van der Waals surface area contributed by atoms with Crippen LogP contribution in [-0.2, 0) is 16.6 Å². The van der Waals surface area contributed by atoms with E-state index < -0.39 is 10.0 Å². The molecule has 5 nitrogen and oxygen atoms in total. The Morgan fingerprint density at radius 3 is 2.14 bits per heavy atom. The molecule has 1 amide bonds. The van der Waals surface area contributed by atoms with Crippen LogP contribution in [0.15, 0.2) is 59.5 Å². The van der Waals surface area contributed by atoms with Crippen LogP contribution in [0.3, 0.4) is 0 Å². The summed E-state index contributed by atoms with van der Waals surface area (Å²) < 4.78 is 27.9. The molecule has 0 aromatic heterocycles. The Bertz CT molecular complexity index is 887. The minimum Gasteiger partial charge on any atom is -0.339 e. The van der Waals surface area contributed by atoms with Crippen LogP contribution in [0.4, 0.5) is 0 Å². The van der Waals surface area contributed by atoms with E-state index in [0.717, 1.165) is 37.9 Å². The zero-order valence-corrected chi connectivity index (χ0v) is 17.4. The van der Waals surface area contributed by atoms with Crippen molar-refractivity contribution in [2.75, 3.05) is 13.1 Å². The van der Waals surface area contributed by atoms with Crippen molar-refractivity contribution in [3.8, 4) is 0 Å². The summed E-state index contributed by atoms with van der Waals surface area (Å²) in [5.41, 5.74) is 1.48. The van der Waals surface area contributed by atoms with Crippen LogP contribution in [0.1, 0.15) is 49.0 Å². The van der Waals surface area contributed by atoms with Gasteiger partial charge in [-0.3, -0.25) is 4.79 Å². The first-order valence-corrected chi connectivity index (χ1v) is 11.3. The van der Waals surface area contributed by atoms with Crippen molar-refractivity contribution in [1.82, 2.24) is 9.21 Å². The molecule has 0 aliphatic carbocycles. The molecule has 1 fully saturated rings. The van der Waals surface area contributed by atoms with Crippen molar-refractivity contribution < 1.29 is 13.2 Å². The molecule has 0 unspecified atom stereocenters. The second kappa shape index (κ2) is 8.88. The minimum atomic E-state index is -3.66. The molecule has 1 aliphatic rings. The third-order valence-electron chi connectivity index (χ3n) is 5.11. The molecule has 3 rings (SSSR count). The molecule has 2 aromatic carbocycles. The highest BCUT2D eigenvalue weighted by Gasteiger charge is 2.27. The van der Waals surface area contributed by atoms with Gasteiger partial charge in [0.15, 0.2) is 0 Å². The Morgan fingerprint density at radius 1 is 0.964 bits per heavy atom. The molecular formula is C22H28N2O3S. The lowest BCUT2D eigenvalue weighted by atomic mass is 10.1. The number of nitrogens with zero attached hydrogens (tertiary/aromatic N) is 2. The molecule has 6 heteroatoms. The van der Waals surface area contributed by atoms with Crippen LogP contribution in [0, 0.1) is 0 Å². The summed E-state index contributed by atoms with van der Waals surface area (Å²) in [5, 5.41) is 0. The summed E-state index contributed by atoms with van der Waals surface area (Å²) in [4.78, 5) is 14.7. The van der Waals surface area contributed by atoms with Crippen molar-refractivity contribution >= 4 is 15.9 Å². The van der Waals surface area contributed by atoms with Gasteiger partial charge >= 0.3 is 0 Å². The molecule has 2 aromatic rings. The highest BCUT2D eigenvalue weighted by atomic mass is 32.2. The van der Waals surface area contributed by atoms with Gasteiger partial charge < -0.3 is 4.90 Å². The average molecular weight is 401 g/mol. The Labute approximate surface area is 168 Å². The molecule has 0 atom stereocenters. The number of hydrogen-bond acceptors (Lipinski definition) is 3. The number of hydrogen-bond donors (Lipinski definition) is 0. The largest absolute Gasteiger partial charge is 0.339 e. The van der Waals surface area contributed by atoms with Crippen LogP contribution >= 0.6 is 0 Å². The Kier molecular flexibility index (Phi) is 6.52. The second-order valence-corrected chi connectivity index (χ2v) is 9.40. The normalized spacial score (nSPS) is 15.2. The summed E-state index contributed by atoms with van der Waals surface area (Å²) in [6, 6.07) is 15.7. The van der Waals surface area contributed by atoms with Gasteiger partial charge in [-0.25, -0.2) is 8.42 Å². The number of amides is 1. The maximum atomic E-state index is 13.2. The zero-order valence-electron chi connectivity index (χ0n) is 16.5. The standard InChI is InChI=1S/C22H28N2O3S/c1-18(2)24(17-19-9-5-3-6-10-19)28(26,27)21-13-11-20(12-14-21)22(25)23-15-7-4-8-16-23/h3,5-6,9-14,18H,4,7-8,15-17H2,1-2H3. The quantitative estimate of drug-likeness (QED) is 0.739. The van der Waals surface area contributed by atoms with E-state index in [4.69, 9.17) is 0 Å². The molecule has 0 radical (unpaired) electrons. The van der Waals surface area contributed by atoms with Crippen LogP contribution in [-0.4, -0.2) is 42.7 Å². The third kappa shape index (κ3) is 4.62. The fraction of sp³-hybridized carbons (Fsp3) is 0.409. The number of carbonyl (C=O) groups is 1. The molecule has 1 aliphatic heterocycles. The number of carbonyl (C=O) groups excluding carboxylic acids is 1. The molecular weight excluding hydrogens is 372 g/mol. The highest BCUT2D eigenvalue weighted by Crippen LogP contribution is 2.22. The van der Waals surface area contributed by atoms with E-state index in [0.29, 0.717) is 12.1 Å². The first-order valence-electron chi connectivity index (χ1n) is 9.84. The van der Waals surface area contributed by atoms with E-state index in [-0.39, 0.29) is 16.8 Å². The fourth-order valence-corrected chi connectivity index (χ4v) is 5.12. The summed E-state index contributed by atoms with van der Waals surface area (Å²) in [6.45, 7) is 5.60. The van der Waals surface area contributed by atoms with E-state index in [2.05, 4.69) is 0 Å². The summed E-state index contributed by atoms with van der Waals surface area (Å²) >= 11 is 0. The number of piperidine rings is 1. The Morgan fingerprint density at radius 2 is 1.57 bits per heavy atom. The number of rotatable bonds is 6. The summed E-state index contributed by atoms with van der Waals surface area (Å²) in [6.07, 6.45) is 3.22. The molecule has 0 bridgehead atoms. The summed E-state index contributed by atoms with van der Waals surface area (Å²) in [7, 11) is -3.66. The summed E-state index contributed by atoms with van der Waals surface area (Å²) in [5.74, 6) is -0.0198. The van der Waals surface area contributed by atoms with E-state index in [1.807, 2.05) is 49.1 Å². The van der Waals surface area contributed by atoms with Gasteiger partial charge in [0, 0.05) is 31.2 Å². The van der Waals surface area contributed by atoms with Gasteiger partial charge in [0.05, 0.1) is 4.90 Å². The van der Waals surface area contributed by atoms with Crippen LogP contribution < -0.4 is 0 Å². The lowest BCUT2D eigenvalue weighted by Crippen LogP contribution is -2.36. The molecule has 150 valence electrons. The molecule has 1 heterocycles. The highest BCUT2D eigenvalue weighted by molar-refractivity contribution is 7.89. The van der Waals surface area contributed by atoms with Crippen molar-refractivity contribution in [3.05, 3.63) is 65.7 Å². The third-order valence-corrected chi connectivity index (χ3v) is 7.14. The van der Waals surface area contributed by atoms with Crippen molar-refractivity contribution in [2.24, 2.45) is 0 Å². The second-order valence-electron chi connectivity index (χ2n) is 7.51. The maximum absolute atomic E-state index is 13.2. The van der Waals surface area contributed by atoms with Crippen LogP contribution in [0.2, 0.25) is 0 Å². The molecule has 28 heavy (non-hydrogen) atoms. The van der Waals surface area contributed by atoms with Crippen LogP contribution in [0.5, 0.6) is 0 Å². The van der Waals surface area contributed by atoms with Gasteiger partial charge in [0.2, 0.25) is 10.0 Å². The molecule has 0 N–H and O–H groups in total. The van der Waals surface area contributed by atoms with E-state index in [1.54, 1.807) is 24.3 Å². The number of likely N-dealkylation sites (tertiary alicyclic amines) is 1. The first kappa shape index (κ1) is 20.6. The van der Waals surface area contributed by atoms with E-state index in [9.17, 15) is 13.2 Å². The zero-order chi connectivity index (χ0) is 20.1. The monoisotopic (exact) mass is 400 g/mol. The SMILES string of the molecule is CC(C)N(Cc1ccccc1)S(=O)(=O)c1ccc(C(=O)N2CCCCC2)cc1. The van der Waals surface area contributed by atoms with E-state index >= 15 is 0 Å². The van der Waals surface area contributed by atoms with Gasteiger partial charge in [-0.1, -0.05) is 30.3 Å². The van der Waals surface area contributed by atoms with Crippen molar-refractivity contribution in [2.45, 2.75) is 50.6 Å². The number of benzene rings is 2. The van der Waals surface area contributed by atoms with Crippen molar-refractivity contribution in [3.63, 3.8) is 0 Å². The molecule has 0 saturated carbocycles. The number of sulfonamides is 1. The van der Waals surface area contributed by atoms with Crippen LogP contribution in [0.25, 0.3) is 0 Å². The maximum Gasteiger partial charge on any atom is 0.253 e. The van der Waals surface area contributed by atoms with Gasteiger partial charge in [-0.05, 0) is 62.9 Å². The van der Waals surface area contributed by atoms with Crippen molar-refractivity contribution in [1.29, 1.82) is 0 Å². The predicted octanol–water partition coefficient (Wildman–Crippen LogP) is 3.91. The van der Waals surface area contributed by atoms with Gasteiger partial charge in [0.1, 0.15) is 0 Å². The lowest BCUT2D eigenvalue weighted by molar-refractivity contribution is 0.0724. The first-order chi connectivity index (χ1) is 13.4. The molecule has 0 spiro atoms. The Balaban J connectivity index is 1.80. The molecule has 1 saturated heterocycles. The predicted molar refractivity (Wildman–Crippen MR) is 111 cm³/mol.